The van der Waals surface area contributed by atoms with Gasteiger partial charge >= 0.3 is 0 Å². The number of benzene rings is 1. The molecule has 0 unspecified atom stereocenters. The fourth-order valence-electron chi connectivity index (χ4n) is 2.27. The Morgan fingerprint density at radius 2 is 1.85 bits per heavy atom. The molecule has 0 fully saturated rings. The van der Waals surface area contributed by atoms with Gasteiger partial charge in [-0.3, -0.25) is 0 Å². The van der Waals surface area contributed by atoms with Gasteiger partial charge in [0.25, 0.3) is 0 Å². The molecule has 0 atom stereocenters. The van der Waals surface area contributed by atoms with E-state index in [1.807, 2.05) is 30.7 Å². The van der Waals surface area contributed by atoms with Crippen molar-refractivity contribution < 1.29 is 4.74 Å². The van der Waals surface area contributed by atoms with Crippen LogP contribution in [0.5, 0.6) is 5.75 Å². The van der Waals surface area contributed by atoms with Gasteiger partial charge in [0.05, 0.1) is 19.3 Å². The fourth-order valence-corrected chi connectivity index (χ4v) is 2.55. The predicted octanol–water partition coefficient (Wildman–Crippen LogP) is 3.90. The van der Waals surface area contributed by atoms with E-state index >= 15 is 0 Å². The number of aromatic nitrogens is 2. The van der Waals surface area contributed by atoms with Crippen molar-refractivity contribution in [3.8, 4) is 5.75 Å². The lowest BCUT2D eigenvalue weighted by Gasteiger charge is -2.15. The number of nitrogens with zero attached hydrogens (tertiary/aromatic N) is 2. The Kier molecular flexibility index (Phi) is 4.23. The van der Waals surface area contributed by atoms with Crippen LogP contribution in [-0.2, 0) is 6.54 Å². The molecule has 1 heterocycles. The summed E-state index contributed by atoms with van der Waals surface area (Å²) in [4.78, 5) is 0. The summed E-state index contributed by atoms with van der Waals surface area (Å²) in [6, 6.07) is 6.08. The molecule has 0 bridgehead atoms. The minimum Gasteiger partial charge on any atom is -0.496 e. The molecule has 4 heteroatoms. The monoisotopic (exact) mass is 288 g/mol. The molecule has 0 saturated carbocycles. The van der Waals surface area contributed by atoms with Crippen LogP contribution in [0.2, 0.25) is 0 Å². The standard InChI is InChI=1S/C16H20N2OS/c1-10-6-7-15(19-5)12(3)14(10)9-18-16(20)8-11(2)13(4)17-18/h6-8H,9H2,1-5H3. The van der Waals surface area contributed by atoms with Crippen LogP contribution in [0.15, 0.2) is 18.2 Å². The lowest BCUT2D eigenvalue weighted by Crippen LogP contribution is -2.11. The number of methoxy groups -OCH3 is 1. The molecular weight excluding hydrogens is 268 g/mol. The average Bonchev–Trinajstić information content (AvgIpc) is 2.40. The van der Waals surface area contributed by atoms with Gasteiger partial charge in [0, 0.05) is 0 Å². The zero-order valence-corrected chi connectivity index (χ0v) is 13.5. The van der Waals surface area contributed by atoms with E-state index in [0.29, 0.717) is 6.54 Å². The smallest absolute Gasteiger partial charge is 0.123 e. The van der Waals surface area contributed by atoms with E-state index in [-0.39, 0.29) is 0 Å². The average molecular weight is 288 g/mol. The largest absolute Gasteiger partial charge is 0.496 e. The number of ether oxygens (including phenoxy) is 1. The Hall–Kier alpha value is -1.68. The van der Waals surface area contributed by atoms with Crippen molar-refractivity contribution in [3.63, 3.8) is 0 Å². The molecule has 0 aliphatic carbocycles. The summed E-state index contributed by atoms with van der Waals surface area (Å²) >= 11 is 5.42. The van der Waals surface area contributed by atoms with Gasteiger partial charge in [-0.2, -0.15) is 5.10 Å². The third-order valence-electron chi connectivity index (χ3n) is 3.75. The van der Waals surface area contributed by atoms with E-state index in [1.165, 1.54) is 11.1 Å². The lowest BCUT2D eigenvalue weighted by molar-refractivity contribution is 0.410. The second kappa shape index (κ2) is 5.75. The van der Waals surface area contributed by atoms with Crippen molar-refractivity contribution in [2.75, 3.05) is 7.11 Å². The molecule has 2 rings (SSSR count). The Morgan fingerprint density at radius 1 is 1.15 bits per heavy atom. The van der Waals surface area contributed by atoms with Crippen LogP contribution in [0.3, 0.4) is 0 Å². The Morgan fingerprint density at radius 3 is 2.50 bits per heavy atom. The first kappa shape index (κ1) is 14.7. The van der Waals surface area contributed by atoms with Crippen LogP contribution in [0, 0.1) is 32.3 Å². The predicted molar refractivity (Wildman–Crippen MR) is 84.1 cm³/mol. The maximum absolute atomic E-state index is 5.42. The molecule has 20 heavy (non-hydrogen) atoms. The highest BCUT2D eigenvalue weighted by Crippen LogP contribution is 2.25. The topological polar surface area (TPSA) is 27.1 Å². The summed E-state index contributed by atoms with van der Waals surface area (Å²) in [5.41, 5.74) is 5.73. The molecule has 0 saturated heterocycles. The van der Waals surface area contributed by atoms with Gasteiger partial charge in [-0.1, -0.05) is 18.3 Å². The van der Waals surface area contributed by atoms with Crippen molar-refractivity contribution in [2.24, 2.45) is 0 Å². The summed E-state index contributed by atoms with van der Waals surface area (Å²) in [7, 11) is 1.70. The number of aryl methyl sites for hydroxylation is 3. The van der Waals surface area contributed by atoms with E-state index in [0.717, 1.165) is 27.2 Å². The minimum absolute atomic E-state index is 0.675. The highest BCUT2D eigenvalue weighted by atomic mass is 32.1. The summed E-state index contributed by atoms with van der Waals surface area (Å²) in [6.45, 7) is 8.89. The molecule has 2 aromatic rings. The Bertz CT molecular complexity index is 704. The SMILES string of the molecule is COc1ccc(C)c(Cn2nc(C)c(C)cc2=S)c1C. The molecule has 0 radical (unpaired) electrons. The van der Waals surface area contributed by atoms with E-state index in [4.69, 9.17) is 17.0 Å². The number of rotatable bonds is 3. The first-order valence-corrected chi connectivity index (χ1v) is 7.03. The quantitative estimate of drug-likeness (QED) is 0.801. The molecule has 1 aromatic heterocycles. The molecule has 0 amide bonds. The summed E-state index contributed by atoms with van der Waals surface area (Å²) in [5, 5.41) is 4.58. The molecule has 0 N–H and O–H groups in total. The third-order valence-corrected chi connectivity index (χ3v) is 4.08. The van der Waals surface area contributed by atoms with Crippen LogP contribution >= 0.6 is 12.2 Å². The van der Waals surface area contributed by atoms with E-state index < -0.39 is 0 Å². The van der Waals surface area contributed by atoms with E-state index in [2.05, 4.69) is 25.0 Å². The highest BCUT2D eigenvalue weighted by molar-refractivity contribution is 7.71. The first-order chi connectivity index (χ1) is 9.43. The molecule has 0 aliphatic heterocycles. The molecule has 3 nitrogen and oxygen atoms in total. The Labute approximate surface area is 125 Å². The Balaban J connectivity index is 2.50. The molecular formula is C16H20N2OS. The zero-order valence-electron chi connectivity index (χ0n) is 12.7. The van der Waals surface area contributed by atoms with Gasteiger partial charge in [0.2, 0.25) is 0 Å². The second-order valence-corrected chi connectivity index (χ2v) is 5.52. The van der Waals surface area contributed by atoms with Crippen LogP contribution in [0.25, 0.3) is 0 Å². The van der Waals surface area contributed by atoms with Gasteiger partial charge in [-0.05, 0) is 62.1 Å². The normalized spacial score (nSPS) is 10.7. The van der Waals surface area contributed by atoms with E-state index in [9.17, 15) is 0 Å². The third kappa shape index (κ3) is 2.75. The van der Waals surface area contributed by atoms with Gasteiger partial charge in [0.15, 0.2) is 0 Å². The maximum atomic E-state index is 5.42. The molecule has 106 valence electrons. The number of hydrogen-bond donors (Lipinski definition) is 0. The summed E-state index contributed by atoms with van der Waals surface area (Å²) in [5.74, 6) is 0.904. The zero-order chi connectivity index (χ0) is 14.9. The van der Waals surface area contributed by atoms with Crippen LogP contribution in [-0.4, -0.2) is 16.9 Å². The van der Waals surface area contributed by atoms with Crippen LogP contribution in [0.1, 0.15) is 27.9 Å². The van der Waals surface area contributed by atoms with Crippen molar-refractivity contribution in [1.29, 1.82) is 0 Å². The van der Waals surface area contributed by atoms with E-state index in [1.54, 1.807) is 7.11 Å². The first-order valence-electron chi connectivity index (χ1n) is 6.62. The van der Waals surface area contributed by atoms with Crippen molar-refractivity contribution in [1.82, 2.24) is 9.78 Å². The van der Waals surface area contributed by atoms with Gasteiger partial charge < -0.3 is 4.74 Å². The lowest BCUT2D eigenvalue weighted by atomic mass is 10.0. The van der Waals surface area contributed by atoms with Crippen LogP contribution in [0.4, 0.5) is 0 Å². The van der Waals surface area contributed by atoms with Crippen molar-refractivity contribution >= 4 is 12.2 Å². The highest BCUT2D eigenvalue weighted by Gasteiger charge is 2.10. The molecule has 0 aliphatic rings. The molecule has 0 spiro atoms. The van der Waals surface area contributed by atoms with Crippen LogP contribution < -0.4 is 4.74 Å². The second-order valence-electron chi connectivity index (χ2n) is 5.10. The summed E-state index contributed by atoms with van der Waals surface area (Å²) < 4.78 is 8.04. The summed E-state index contributed by atoms with van der Waals surface area (Å²) in [6.07, 6.45) is 0. The van der Waals surface area contributed by atoms with Crippen molar-refractivity contribution in [3.05, 3.63) is 50.8 Å². The maximum Gasteiger partial charge on any atom is 0.123 e. The van der Waals surface area contributed by atoms with Crippen molar-refractivity contribution in [2.45, 2.75) is 34.2 Å². The number of hydrogen-bond acceptors (Lipinski definition) is 3. The fraction of sp³-hybridized carbons (Fsp3) is 0.375. The van der Waals surface area contributed by atoms with Gasteiger partial charge in [-0.15, -0.1) is 0 Å². The minimum atomic E-state index is 0.675. The van der Waals surface area contributed by atoms with Gasteiger partial charge in [-0.25, -0.2) is 4.68 Å². The van der Waals surface area contributed by atoms with Gasteiger partial charge in [0.1, 0.15) is 10.4 Å². The molecule has 1 aromatic carbocycles.